The van der Waals surface area contributed by atoms with Gasteiger partial charge in [0.05, 0.1) is 0 Å². The Bertz CT molecular complexity index is 303. The lowest BCUT2D eigenvalue weighted by Gasteiger charge is -1.99. The van der Waals surface area contributed by atoms with E-state index < -0.39 is 0 Å². The van der Waals surface area contributed by atoms with Crippen molar-refractivity contribution in [3.05, 3.63) is 31.8 Å². The van der Waals surface area contributed by atoms with E-state index in [1.54, 1.807) is 17.7 Å². The Kier molecular flexibility index (Phi) is 2.13. The van der Waals surface area contributed by atoms with Gasteiger partial charge in [-0.1, -0.05) is 0 Å². The molecule has 10 heavy (non-hydrogen) atoms. The van der Waals surface area contributed by atoms with Crippen LogP contribution in [0, 0.1) is 10.5 Å². The Labute approximate surface area is 73.0 Å². The van der Waals surface area contributed by atoms with Crippen LogP contribution in [0.4, 0.5) is 0 Å². The molecule has 0 spiro atoms. The fourth-order valence-corrected chi connectivity index (χ4v) is 1.15. The molecule has 0 saturated heterocycles. The highest BCUT2D eigenvalue weighted by molar-refractivity contribution is 14.1. The first-order chi connectivity index (χ1) is 4.61. The molecule has 0 unspecified atom stereocenters. The molecule has 0 saturated carbocycles. The Morgan fingerprint density at radius 3 is 2.70 bits per heavy atom. The second-order valence-corrected chi connectivity index (χ2v) is 3.42. The van der Waals surface area contributed by atoms with E-state index in [2.05, 4.69) is 22.6 Å². The Morgan fingerprint density at radius 1 is 1.60 bits per heavy atom. The third-order valence-corrected chi connectivity index (χ3v) is 2.52. The van der Waals surface area contributed by atoms with Crippen molar-refractivity contribution in [3.8, 4) is 0 Å². The second kappa shape index (κ2) is 2.74. The molecule has 54 valence electrons. The van der Waals surface area contributed by atoms with Gasteiger partial charge in [-0.2, -0.15) is 0 Å². The number of nitrogens with zero attached hydrogens (tertiary/aromatic N) is 1. The highest BCUT2D eigenvalue weighted by Gasteiger charge is 1.95. The van der Waals surface area contributed by atoms with Gasteiger partial charge in [-0.3, -0.25) is 4.79 Å². The molecule has 1 aromatic heterocycles. The minimum absolute atomic E-state index is 0.0509. The largest absolute Gasteiger partial charge is 0.318 e. The molecule has 0 N–H and O–H groups in total. The number of rotatable bonds is 0. The van der Waals surface area contributed by atoms with Crippen LogP contribution in [0.3, 0.4) is 0 Å². The van der Waals surface area contributed by atoms with Crippen LogP contribution < -0.4 is 5.56 Å². The van der Waals surface area contributed by atoms with Gasteiger partial charge in [0, 0.05) is 22.9 Å². The summed E-state index contributed by atoms with van der Waals surface area (Å²) in [6, 6.07) is 1.63. The maximum Gasteiger partial charge on any atom is 0.251 e. The Balaban J connectivity index is 3.43. The summed E-state index contributed by atoms with van der Waals surface area (Å²) in [7, 11) is 1.76. The molecule has 0 radical (unpaired) electrons. The van der Waals surface area contributed by atoms with E-state index >= 15 is 0 Å². The molecule has 1 aromatic rings. The monoisotopic (exact) mass is 249 g/mol. The van der Waals surface area contributed by atoms with Gasteiger partial charge in [0.1, 0.15) is 0 Å². The quantitative estimate of drug-likeness (QED) is 0.635. The van der Waals surface area contributed by atoms with E-state index in [-0.39, 0.29) is 5.56 Å². The van der Waals surface area contributed by atoms with Gasteiger partial charge in [-0.15, -0.1) is 0 Å². The Hall–Kier alpha value is -0.320. The maximum absolute atomic E-state index is 11.0. The van der Waals surface area contributed by atoms with Crippen molar-refractivity contribution < 1.29 is 0 Å². The molecule has 0 aliphatic rings. The lowest BCUT2D eigenvalue weighted by Crippen LogP contribution is -2.15. The predicted octanol–water partition coefficient (Wildman–Crippen LogP) is 1.30. The second-order valence-electron chi connectivity index (χ2n) is 2.25. The summed E-state index contributed by atoms with van der Waals surface area (Å²) >= 11 is 2.15. The van der Waals surface area contributed by atoms with Crippen LogP contribution in [-0.4, -0.2) is 4.57 Å². The van der Waals surface area contributed by atoms with Crippen LogP contribution >= 0.6 is 22.6 Å². The number of aromatic nitrogens is 1. The van der Waals surface area contributed by atoms with E-state index in [0.29, 0.717) is 0 Å². The van der Waals surface area contributed by atoms with Gasteiger partial charge in [0.2, 0.25) is 0 Å². The summed E-state index contributed by atoms with van der Waals surface area (Å²) in [5.74, 6) is 0. The van der Waals surface area contributed by atoms with Crippen molar-refractivity contribution in [2.45, 2.75) is 6.92 Å². The third-order valence-electron chi connectivity index (χ3n) is 1.36. The fourth-order valence-electron chi connectivity index (χ4n) is 0.740. The number of aryl methyl sites for hydroxylation is 2. The third kappa shape index (κ3) is 1.39. The van der Waals surface area contributed by atoms with Crippen molar-refractivity contribution in [2.24, 2.45) is 7.05 Å². The fraction of sp³-hybridized carbons (Fsp3) is 0.286. The molecule has 0 fully saturated rings. The van der Waals surface area contributed by atoms with Gasteiger partial charge >= 0.3 is 0 Å². The van der Waals surface area contributed by atoms with Crippen LogP contribution in [0.25, 0.3) is 0 Å². The lowest BCUT2D eigenvalue weighted by atomic mass is 10.3. The smallest absolute Gasteiger partial charge is 0.251 e. The van der Waals surface area contributed by atoms with Crippen molar-refractivity contribution in [1.82, 2.24) is 4.57 Å². The predicted molar refractivity (Wildman–Crippen MR) is 49.1 cm³/mol. The Morgan fingerprint density at radius 2 is 2.20 bits per heavy atom. The maximum atomic E-state index is 11.0. The van der Waals surface area contributed by atoms with Gasteiger partial charge in [-0.05, 0) is 35.1 Å². The van der Waals surface area contributed by atoms with Crippen LogP contribution in [0.1, 0.15) is 5.56 Å². The molecule has 0 atom stereocenters. The van der Waals surface area contributed by atoms with Crippen LogP contribution in [0.15, 0.2) is 17.1 Å². The van der Waals surface area contributed by atoms with Crippen LogP contribution in [0.5, 0.6) is 0 Å². The molecule has 0 aromatic carbocycles. The summed E-state index contributed by atoms with van der Waals surface area (Å²) in [5, 5.41) is 0. The van der Waals surface area contributed by atoms with E-state index in [9.17, 15) is 4.79 Å². The molecule has 3 heteroatoms. The van der Waals surface area contributed by atoms with E-state index in [0.717, 1.165) is 9.13 Å². The topological polar surface area (TPSA) is 22.0 Å². The SMILES string of the molecule is Cc1cn(C)c(=O)cc1I. The van der Waals surface area contributed by atoms with Crippen molar-refractivity contribution in [2.75, 3.05) is 0 Å². The highest BCUT2D eigenvalue weighted by Crippen LogP contribution is 2.05. The molecule has 0 aliphatic heterocycles. The molecular formula is C7H8INO. The molecule has 1 rings (SSSR count). The first kappa shape index (κ1) is 7.78. The van der Waals surface area contributed by atoms with E-state index in [4.69, 9.17) is 0 Å². The van der Waals surface area contributed by atoms with Crippen LogP contribution in [-0.2, 0) is 7.05 Å². The number of hydrogen-bond acceptors (Lipinski definition) is 1. The summed E-state index contributed by atoms with van der Waals surface area (Å²) in [5.41, 5.74) is 1.19. The summed E-state index contributed by atoms with van der Waals surface area (Å²) in [4.78, 5) is 11.0. The summed E-state index contributed by atoms with van der Waals surface area (Å²) < 4.78 is 2.61. The van der Waals surface area contributed by atoms with Gasteiger partial charge in [0.15, 0.2) is 0 Å². The van der Waals surface area contributed by atoms with Crippen molar-refractivity contribution in [1.29, 1.82) is 0 Å². The lowest BCUT2D eigenvalue weighted by molar-refractivity contribution is 0.848. The summed E-state index contributed by atoms with van der Waals surface area (Å²) in [6.45, 7) is 1.99. The van der Waals surface area contributed by atoms with E-state index in [1.807, 2.05) is 13.1 Å². The number of pyridine rings is 1. The zero-order valence-electron chi connectivity index (χ0n) is 5.89. The number of hydrogen-bond donors (Lipinski definition) is 0. The summed E-state index contributed by atoms with van der Waals surface area (Å²) in [6.07, 6.45) is 1.84. The standard InChI is InChI=1S/C7H8INO/c1-5-4-9(2)7(10)3-6(5)8/h3-4H,1-2H3. The van der Waals surface area contributed by atoms with E-state index in [1.165, 1.54) is 0 Å². The zero-order valence-corrected chi connectivity index (χ0v) is 8.05. The average molecular weight is 249 g/mol. The van der Waals surface area contributed by atoms with Crippen molar-refractivity contribution >= 4 is 22.6 Å². The minimum Gasteiger partial charge on any atom is -0.318 e. The molecule has 0 amide bonds. The van der Waals surface area contributed by atoms with Gasteiger partial charge < -0.3 is 4.57 Å². The highest BCUT2D eigenvalue weighted by atomic mass is 127. The molecular weight excluding hydrogens is 241 g/mol. The molecule has 1 heterocycles. The average Bonchev–Trinajstić information content (AvgIpc) is 1.84. The van der Waals surface area contributed by atoms with Crippen LogP contribution in [0.2, 0.25) is 0 Å². The molecule has 2 nitrogen and oxygen atoms in total. The van der Waals surface area contributed by atoms with Gasteiger partial charge in [0.25, 0.3) is 5.56 Å². The zero-order chi connectivity index (χ0) is 7.72. The number of halogens is 1. The molecule has 0 bridgehead atoms. The molecule has 0 aliphatic carbocycles. The normalized spacial score (nSPS) is 9.90. The first-order valence-electron chi connectivity index (χ1n) is 2.94. The van der Waals surface area contributed by atoms with Crippen molar-refractivity contribution in [3.63, 3.8) is 0 Å². The first-order valence-corrected chi connectivity index (χ1v) is 4.02. The minimum atomic E-state index is 0.0509. The van der Waals surface area contributed by atoms with Gasteiger partial charge in [-0.25, -0.2) is 0 Å².